The number of hydrogen-bond acceptors (Lipinski definition) is 5. The number of thioether (sulfide) groups is 1. The molecule has 9 heteroatoms. The first-order chi connectivity index (χ1) is 15.2. The number of nitrogens with zero attached hydrogens (tertiary/aromatic N) is 3. The van der Waals surface area contributed by atoms with Crippen molar-refractivity contribution in [2.24, 2.45) is 5.41 Å². The van der Waals surface area contributed by atoms with Gasteiger partial charge in [-0.05, 0) is 56.2 Å². The van der Waals surface area contributed by atoms with Crippen LogP contribution in [0.5, 0.6) is 5.75 Å². The molecule has 0 aliphatic rings. The Morgan fingerprint density at radius 1 is 1.22 bits per heavy atom. The Hall–Kier alpha value is -2.22. The number of halogens is 2. The molecular formula is C23H26Cl2N4O2S. The molecule has 0 saturated carbocycles. The molecule has 1 heterocycles. The third-order valence-electron chi connectivity index (χ3n) is 4.97. The van der Waals surface area contributed by atoms with Gasteiger partial charge in [-0.1, -0.05) is 41.6 Å². The number of ether oxygens (including phenoxy) is 1. The maximum atomic E-state index is 12.5. The highest BCUT2D eigenvalue weighted by atomic mass is 35.5. The van der Waals surface area contributed by atoms with E-state index in [0.717, 1.165) is 22.6 Å². The van der Waals surface area contributed by atoms with Crippen molar-refractivity contribution in [2.75, 3.05) is 13.0 Å². The van der Waals surface area contributed by atoms with Gasteiger partial charge in [0.15, 0.2) is 11.0 Å². The van der Waals surface area contributed by atoms with Crippen LogP contribution in [0.4, 0.5) is 0 Å². The molecule has 1 aromatic heterocycles. The second kappa shape index (κ2) is 10.6. The van der Waals surface area contributed by atoms with Gasteiger partial charge >= 0.3 is 0 Å². The summed E-state index contributed by atoms with van der Waals surface area (Å²) in [5.41, 5.74) is 2.32. The van der Waals surface area contributed by atoms with E-state index in [1.807, 2.05) is 54.0 Å². The van der Waals surface area contributed by atoms with Crippen LogP contribution in [0.3, 0.4) is 0 Å². The Labute approximate surface area is 202 Å². The molecule has 0 atom stereocenters. The predicted molar refractivity (Wildman–Crippen MR) is 130 cm³/mol. The molecule has 0 fully saturated rings. The number of carbonyl (C=O) groups excluding carboxylic acids is 1. The number of alkyl halides is 1. The third-order valence-corrected chi connectivity index (χ3v) is 6.87. The first-order valence-corrected chi connectivity index (χ1v) is 12.0. The first kappa shape index (κ1) is 24.4. The maximum absolute atomic E-state index is 12.5. The van der Waals surface area contributed by atoms with Crippen molar-refractivity contribution in [3.05, 3.63) is 64.4 Å². The third kappa shape index (κ3) is 5.77. The molecule has 0 spiro atoms. The molecule has 32 heavy (non-hydrogen) atoms. The lowest BCUT2D eigenvalue weighted by Crippen LogP contribution is -2.38. The summed E-state index contributed by atoms with van der Waals surface area (Å²) >= 11 is 13.8. The Morgan fingerprint density at radius 3 is 2.72 bits per heavy atom. The number of aromatic nitrogens is 3. The van der Waals surface area contributed by atoms with Crippen LogP contribution in [0.15, 0.2) is 47.6 Å². The van der Waals surface area contributed by atoms with Crippen LogP contribution in [-0.2, 0) is 17.1 Å². The summed E-state index contributed by atoms with van der Waals surface area (Å²) in [6, 6.07) is 13.6. The van der Waals surface area contributed by atoms with Crippen LogP contribution in [0.2, 0.25) is 5.02 Å². The van der Waals surface area contributed by atoms with Gasteiger partial charge in [0.25, 0.3) is 0 Å². The Bertz CT molecular complexity index is 1100. The average Bonchev–Trinajstić information content (AvgIpc) is 3.20. The lowest BCUT2D eigenvalue weighted by molar-refractivity contribution is -0.128. The molecule has 170 valence electrons. The van der Waals surface area contributed by atoms with Crippen LogP contribution in [0, 0.1) is 12.3 Å². The molecular weight excluding hydrogens is 467 g/mol. The zero-order valence-electron chi connectivity index (χ0n) is 18.5. The minimum atomic E-state index is -0.678. The summed E-state index contributed by atoms with van der Waals surface area (Å²) in [5, 5.41) is 13.0. The number of benzene rings is 2. The topological polar surface area (TPSA) is 69.0 Å². The highest BCUT2D eigenvalue weighted by molar-refractivity contribution is 7.98. The first-order valence-electron chi connectivity index (χ1n) is 10.1. The van der Waals surface area contributed by atoms with E-state index in [1.54, 1.807) is 32.7 Å². The number of rotatable bonds is 9. The van der Waals surface area contributed by atoms with Gasteiger partial charge in [0, 0.05) is 16.7 Å². The SMILES string of the molecule is COc1cccc(CSc2nnc(CNC(=O)C(C)(C)CCl)n2-c2cc(Cl)ccc2C)c1. The minimum absolute atomic E-state index is 0.143. The number of carbonyl (C=O) groups is 1. The fourth-order valence-corrected chi connectivity index (χ4v) is 4.14. The molecule has 0 aliphatic heterocycles. The van der Waals surface area contributed by atoms with Crippen molar-refractivity contribution in [2.45, 2.75) is 38.2 Å². The van der Waals surface area contributed by atoms with Crippen LogP contribution in [0.25, 0.3) is 5.69 Å². The van der Waals surface area contributed by atoms with E-state index < -0.39 is 5.41 Å². The van der Waals surface area contributed by atoms with Crippen LogP contribution in [0.1, 0.15) is 30.8 Å². The van der Waals surface area contributed by atoms with E-state index in [2.05, 4.69) is 15.5 Å². The maximum Gasteiger partial charge on any atom is 0.227 e. The second-order valence-corrected chi connectivity index (χ2v) is 9.65. The van der Waals surface area contributed by atoms with Gasteiger partial charge in [0.05, 0.1) is 24.8 Å². The summed E-state index contributed by atoms with van der Waals surface area (Å²) in [4.78, 5) is 12.5. The molecule has 2 aromatic carbocycles. The van der Waals surface area contributed by atoms with E-state index in [1.165, 1.54) is 0 Å². The normalized spacial score (nSPS) is 11.4. The van der Waals surface area contributed by atoms with Crippen LogP contribution >= 0.6 is 35.0 Å². The van der Waals surface area contributed by atoms with Gasteiger partial charge in [0.2, 0.25) is 5.91 Å². The average molecular weight is 493 g/mol. The highest BCUT2D eigenvalue weighted by Crippen LogP contribution is 2.29. The van der Waals surface area contributed by atoms with Gasteiger partial charge in [-0.3, -0.25) is 9.36 Å². The van der Waals surface area contributed by atoms with Gasteiger partial charge < -0.3 is 10.1 Å². The van der Waals surface area contributed by atoms with Crippen molar-refractivity contribution in [1.82, 2.24) is 20.1 Å². The van der Waals surface area contributed by atoms with Gasteiger partial charge in [-0.15, -0.1) is 21.8 Å². The summed E-state index contributed by atoms with van der Waals surface area (Å²) in [6.45, 7) is 5.83. The van der Waals surface area contributed by atoms with Crippen molar-refractivity contribution >= 4 is 40.9 Å². The van der Waals surface area contributed by atoms with Crippen molar-refractivity contribution < 1.29 is 9.53 Å². The monoisotopic (exact) mass is 492 g/mol. The molecule has 1 N–H and O–H groups in total. The highest BCUT2D eigenvalue weighted by Gasteiger charge is 2.27. The van der Waals surface area contributed by atoms with Crippen molar-refractivity contribution in [3.8, 4) is 11.4 Å². The fraction of sp³-hybridized carbons (Fsp3) is 0.348. The largest absolute Gasteiger partial charge is 0.497 e. The lowest BCUT2D eigenvalue weighted by atomic mass is 9.95. The number of hydrogen-bond donors (Lipinski definition) is 1. The zero-order chi connectivity index (χ0) is 23.3. The Balaban J connectivity index is 1.91. The summed E-state index contributed by atoms with van der Waals surface area (Å²) in [6.07, 6.45) is 0. The van der Waals surface area contributed by atoms with Crippen LogP contribution < -0.4 is 10.1 Å². The number of nitrogens with one attached hydrogen (secondary N) is 1. The minimum Gasteiger partial charge on any atom is -0.497 e. The number of amides is 1. The van der Waals surface area contributed by atoms with E-state index in [4.69, 9.17) is 27.9 Å². The molecule has 3 aromatic rings. The molecule has 6 nitrogen and oxygen atoms in total. The Morgan fingerprint density at radius 2 is 2.00 bits per heavy atom. The predicted octanol–water partition coefficient (Wildman–Crippen LogP) is 5.41. The van der Waals surface area contributed by atoms with Gasteiger partial charge in [0.1, 0.15) is 5.75 Å². The van der Waals surface area contributed by atoms with Crippen molar-refractivity contribution in [1.29, 1.82) is 0 Å². The molecule has 1 amide bonds. The Kier molecular flexibility index (Phi) is 8.09. The quantitative estimate of drug-likeness (QED) is 0.319. The zero-order valence-corrected chi connectivity index (χ0v) is 20.8. The summed E-state index contributed by atoms with van der Waals surface area (Å²) < 4.78 is 7.26. The van der Waals surface area contributed by atoms with E-state index in [-0.39, 0.29) is 18.3 Å². The molecule has 3 rings (SSSR count). The van der Waals surface area contributed by atoms with E-state index in [9.17, 15) is 4.79 Å². The smallest absolute Gasteiger partial charge is 0.227 e. The molecule has 0 aliphatic carbocycles. The summed E-state index contributed by atoms with van der Waals surface area (Å²) in [5.74, 6) is 2.18. The fourth-order valence-electron chi connectivity index (χ4n) is 2.94. The standard InChI is InChI=1S/C23H26Cl2N4O2S/c1-15-8-9-17(25)11-19(15)29-20(12-26-21(30)23(2,3)14-24)27-28-22(29)32-13-16-6-5-7-18(10-16)31-4/h5-11H,12-14H2,1-4H3,(H,26,30). The second-order valence-electron chi connectivity index (χ2n) is 8.01. The van der Waals surface area contributed by atoms with E-state index in [0.29, 0.717) is 21.8 Å². The number of methoxy groups -OCH3 is 1. The van der Waals surface area contributed by atoms with Crippen molar-refractivity contribution in [3.63, 3.8) is 0 Å². The molecule has 0 unspecified atom stereocenters. The van der Waals surface area contributed by atoms with Gasteiger partial charge in [-0.25, -0.2) is 0 Å². The number of aryl methyl sites for hydroxylation is 1. The molecule has 0 radical (unpaired) electrons. The molecule has 0 saturated heterocycles. The van der Waals surface area contributed by atoms with Gasteiger partial charge in [-0.2, -0.15) is 0 Å². The van der Waals surface area contributed by atoms with Crippen LogP contribution in [-0.4, -0.2) is 33.7 Å². The summed E-state index contributed by atoms with van der Waals surface area (Å²) in [7, 11) is 1.65. The lowest BCUT2D eigenvalue weighted by Gasteiger charge is -2.20. The molecule has 0 bridgehead atoms. The van der Waals surface area contributed by atoms with E-state index >= 15 is 0 Å².